The first-order chi connectivity index (χ1) is 8.41. The normalized spacial score (nSPS) is 10.6. The lowest BCUT2D eigenvalue weighted by Crippen LogP contribution is -2.39. The predicted octanol–water partition coefficient (Wildman–Crippen LogP) is -0.353. The van der Waals surface area contributed by atoms with E-state index < -0.39 is 22.1 Å². The molecule has 0 fully saturated rings. The summed E-state index contributed by atoms with van der Waals surface area (Å²) in [5.74, 6) is -0.555. The molecule has 0 aromatic carbocycles. The quantitative estimate of drug-likeness (QED) is 0.533. The number of hydrogen-bond acceptors (Lipinski definition) is 6. The van der Waals surface area contributed by atoms with Gasteiger partial charge in [-0.25, -0.2) is 9.48 Å². The summed E-state index contributed by atoms with van der Waals surface area (Å²) in [7, 11) is 2.65. The van der Waals surface area contributed by atoms with E-state index in [4.69, 9.17) is 4.42 Å². The number of rotatable bonds is 2. The fourth-order valence-corrected chi connectivity index (χ4v) is 1.41. The molecule has 9 heteroatoms. The summed E-state index contributed by atoms with van der Waals surface area (Å²) in [6.45, 7) is 0. The number of nitrogens with zero attached hydrogens (tertiary/aromatic N) is 4. The zero-order chi connectivity index (χ0) is 13.4. The van der Waals surface area contributed by atoms with Crippen LogP contribution in [0.25, 0.3) is 11.5 Å². The van der Waals surface area contributed by atoms with E-state index in [1.54, 1.807) is 0 Å². The van der Waals surface area contributed by atoms with Crippen molar-refractivity contribution in [3.63, 3.8) is 0 Å². The molecule has 0 amide bonds. The third-order valence-electron chi connectivity index (χ3n) is 2.33. The molecule has 0 aliphatic rings. The highest BCUT2D eigenvalue weighted by molar-refractivity contribution is 5.51. The van der Waals surface area contributed by atoms with Gasteiger partial charge in [-0.3, -0.25) is 19.5 Å². The Labute approximate surface area is 99.0 Å². The van der Waals surface area contributed by atoms with E-state index in [0.29, 0.717) is 0 Å². The molecular weight excluding hydrogens is 244 g/mol. The molecule has 2 rings (SSSR count). The van der Waals surface area contributed by atoms with Crippen LogP contribution in [0.1, 0.15) is 0 Å². The summed E-state index contributed by atoms with van der Waals surface area (Å²) in [4.78, 5) is 32.9. The molecule has 0 aliphatic carbocycles. The Kier molecular flexibility index (Phi) is 2.58. The van der Waals surface area contributed by atoms with E-state index in [1.807, 2.05) is 0 Å². The van der Waals surface area contributed by atoms with Crippen molar-refractivity contribution in [1.82, 2.24) is 14.3 Å². The molecular formula is C9H8N4O5. The number of hydrogen-bond donors (Lipinski definition) is 0. The highest BCUT2D eigenvalue weighted by Crippen LogP contribution is 2.21. The van der Waals surface area contributed by atoms with Crippen LogP contribution in [0.4, 0.5) is 5.88 Å². The molecule has 0 N–H and O–H groups in total. The molecule has 9 nitrogen and oxygen atoms in total. The van der Waals surface area contributed by atoms with Crippen LogP contribution in [-0.4, -0.2) is 19.3 Å². The molecule has 2 heterocycles. The van der Waals surface area contributed by atoms with Crippen molar-refractivity contribution in [2.75, 3.05) is 0 Å². The minimum Gasteiger partial charge on any atom is -0.399 e. The second kappa shape index (κ2) is 3.95. The first-order valence-electron chi connectivity index (χ1n) is 4.80. The van der Waals surface area contributed by atoms with Crippen LogP contribution in [0.5, 0.6) is 0 Å². The first-order valence-corrected chi connectivity index (χ1v) is 4.80. The van der Waals surface area contributed by atoms with Crippen LogP contribution in [0.3, 0.4) is 0 Å². The molecule has 0 aliphatic heterocycles. The van der Waals surface area contributed by atoms with Crippen molar-refractivity contribution in [2.24, 2.45) is 14.1 Å². The van der Waals surface area contributed by atoms with Gasteiger partial charge in [0.15, 0.2) is 11.5 Å². The van der Waals surface area contributed by atoms with Gasteiger partial charge in [-0.15, -0.1) is 0 Å². The van der Waals surface area contributed by atoms with Gasteiger partial charge in [0.2, 0.25) is 0 Å². The van der Waals surface area contributed by atoms with Crippen LogP contribution >= 0.6 is 0 Å². The van der Waals surface area contributed by atoms with Crippen LogP contribution in [0.2, 0.25) is 0 Å². The average molecular weight is 252 g/mol. The number of aryl methyl sites for hydroxylation is 1. The third-order valence-corrected chi connectivity index (χ3v) is 2.33. The van der Waals surface area contributed by atoms with Crippen molar-refractivity contribution in [3.8, 4) is 11.5 Å². The van der Waals surface area contributed by atoms with Crippen molar-refractivity contribution < 1.29 is 9.34 Å². The van der Waals surface area contributed by atoms with Crippen molar-refractivity contribution in [1.29, 1.82) is 0 Å². The largest absolute Gasteiger partial charge is 0.433 e. The van der Waals surface area contributed by atoms with Crippen LogP contribution in [-0.2, 0) is 14.1 Å². The van der Waals surface area contributed by atoms with Gasteiger partial charge in [0, 0.05) is 14.1 Å². The fraction of sp³-hybridized carbons (Fsp3) is 0.222. The molecule has 0 bridgehead atoms. The van der Waals surface area contributed by atoms with Crippen LogP contribution in [0, 0.1) is 10.1 Å². The Morgan fingerprint density at radius 2 is 2.00 bits per heavy atom. The van der Waals surface area contributed by atoms with Gasteiger partial charge in [0.1, 0.15) is 4.92 Å². The number of aromatic nitrogens is 3. The summed E-state index contributed by atoms with van der Waals surface area (Å²) < 4.78 is 6.66. The summed E-state index contributed by atoms with van der Waals surface area (Å²) in [6, 6.07) is 2.37. The number of nitro groups is 1. The Balaban J connectivity index is 2.68. The van der Waals surface area contributed by atoms with E-state index >= 15 is 0 Å². The van der Waals surface area contributed by atoms with Crippen LogP contribution in [0.15, 0.2) is 26.1 Å². The van der Waals surface area contributed by atoms with Crippen molar-refractivity contribution in [3.05, 3.63) is 43.1 Å². The van der Waals surface area contributed by atoms with E-state index in [9.17, 15) is 19.7 Å². The third kappa shape index (κ3) is 1.71. The lowest BCUT2D eigenvalue weighted by molar-refractivity contribution is -0.401. The average Bonchev–Trinajstić information content (AvgIpc) is 2.80. The molecule has 2 aromatic heterocycles. The van der Waals surface area contributed by atoms with Crippen molar-refractivity contribution in [2.45, 2.75) is 0 Å². The molecule has 18 heavy (non-hydrogen) atoms. The Bertz CT molecular complexity index is 738. The summed E-state index contributed by atoms with van der Waals surface area (Å²) in [5, 5.41) is 14.2. The van der Waals surface area contributed by atoms with Crippen molar-refractivity contribution >= 4 is 5.88 Å². The summed E-state index contributed by atoms with van der Waals surface area (Å²) >= 11 is 0. The molecule has 94 valence electrons. The minimum atomic E-state index is -0.726. The van der Waals surface area contributed by atoms with Gasteiger partial charge in [0.05, 0.1) is 6.07 Å². The Hall–Kier alpha value is -2.71. The van der Waals surface area contributed by atoms with E-state index in [1.165, 1.54) is 20.2 Å². The SMILES string of the molecule is Cn1nc(-c2ccc([N+](=O)[O-])o2)c(=O)n(C)c1=O. The molecule has 0 spiro atoms. The van der Waals surface area contributed by atoms with E-state index in [-0.39, 0.29) is 11.5 Å². The van der Waals surface area contributed by atoms with Gasteiger partial charge in [-0.1, -0.05) is 0 Å². The second-order valence-corrected chi connectivity index (χ2v) is 3.51. The number of furan rings is 1. The molecule has 2 aromatic rings. The predicted molar refractivity (Wildman–Crippen MR) is 59.1 cm³/mol. The maximum Gasteiger partial charge on any atom is 0.433 e. The highest BCUT2D eigenvalue weighted by Gasteiger charge is 2.18. The molecule has 0 saturated carbocycles. The molecule has 0 atom stereocenters. The molecule has 0 unspecified atom stereocenters. The Morgan fingerprint density at radius 1 is 1.33 bits per heavy atom. The maximum absolute atomic E-state index is 11.8. The topological polar surface area (TPSA) is 113 Å². The summed E-state index contributed by atoms with van der Waals surface area (Å²) in [5.41, 5.74) is -1.43. The van der Waals surface area contributed by atoms with Gasteiger partial charge in [-0.05, 0) is 6.07 Å². The molecule has 0 radical (unpaired) electrons. The minimum absolute atomic E-state index is 0.0575. The lowest BCUT2D eigenvalue weighted by Gasteiger charge is -2.02. The van der Waals surface area contributed by atoms with E-state index in [2.05, 4.69) is 5.10 Å². The Morgan fingerprint density at radius 3 is 2.56 bits per heavy atom. The van der Waals surface area contributed by atoms with Gasteiger partial charge in [0.25, 0.3) is 5.56 Å². The van der Waals surface area contributed by atoms with Gasteiger partial charge < -0.3 is 4.42 Å². The monoisotopic (exact) mass is 252 g/mol. The fourth-order valence-electron chi connectivity index (χ4n) is 1.41. The van der Waals surface area contributed by atoms with Gasteiger partial charge >= 0.3 is 11.6 Å². The van der Waals surface area contributed by atoms with Crippen LogP contribution < -0.4 is 11.2 Å². The standard InChI is InChI=1S/C9H8N4O5/c1-11-8(14)7(10-12(2)9(11)15)5-3-4-6(18-5)13(16)17/h3-4H,1-2H3. The smallest absolute Gasteiger partial charge is 0.399 e. The van der Waals surface area contributed by atoms with Gasteiger partial charge in [-0.2, -0.15) is 5.10 Å². The summed E-state index contributed by atoms with van der Waals surface area (Å²) in [6.07, 6.45) is 0. The first kappa shape index (κ1) is 11.8. The highest BCUT2D eigenvalue weighted by atomic mass is 16.6. The lowest BCUT2D eigenvalue weighted by atomic mass is 10.3. The zero-order valence-electron chi connectivity index (χ0n) is 9.48. The second-order valence-electron chi connectivity index (χ2n) is 3.51. The zero-order valence-corrected chi connectivity index (χ0v) is 9.48. The van der Waals surface area contributed by atoms with E-state index in [0.717, 1.165) is 15.3 Å². The maximum atomic E-state index is 11.8. The molecule has 0 saturated heterocycles.